The molecule has 2 fully saturated rings. The van der Waals surface area contributed by atoms with Crippen molar-refractivity contribution in [1.82, 2.24) is 19.2 Å². The van der Waals surface area contributed by atoms with Gasteiger partial charge in [0.2, 0.25) is 0 Å². The number of ether oxygens (including phenoxy) is 1. The Morgan fingerprint density at radius 3 is 2.54 bits per heavy atom. The average Bonchev–Trinajstić information content (AvgIpc) is 3.33. The van der Waals surface area contributed by atoms with Crippen LogP contribution in [0.2, 0.25) is 0 Å². The third kappa shape index (κ3) is 4.28. The molecule has 1 N–H and O–H groups in total. The Balaban J connectivity index is 1.62. The Morgan fingerprint density at radius 2 is 1.83 bits per heavy atom. The second-order valence-electron chi connectivity index (χ2n) is 8.93. The van der Waals surface area contributed by atoms with E-state index in [1.807, 2.05) is 43.3 Å². The second-order valence-corrected chi connectivity index (χ2v) is 9.84. The quantitative estimate of drug-likeness (QED) is 0.304. The summed E-state index contributed by atoms with van der Waals surface area (Å²) in [4.78, 5) is 35.1. The summed E-state index contributed by atoms with van der Waals surface area (Å²) in [6, 6.07) is 10.6. The van der Waals surface area contributed by atoms with Crippen LogP contribution in [0.15, 0.2) is 52.6 Å². The number of imidazole rings is 1. The molecule has 3 aromatic rings. The molecule has 1 amide bonds. The molecule has 2 saturated heterocycles. The summed E-state index contributed by atoms with van der Waals surface area (Å²) < 4.78 is 8.09. The summed E-state index contributed by atoms with van der Waals surface area (Å²) in [6.07, 6.45) is 1.81. The first-order valence-corrected chi connectivity index (χ1v) is 12.4. The lowest BCUT2D eigenvalue weighted by Gasteiger charge is -2.31. The van der Waals surface area contributed by atoms with E-state index in [-0.39, 0.29) is 11.3 Å². The highest BCUT2D eigenvalue weighted by atomic mass is 79.9. The van der Waals surface area contributed by atoms with E-state index < -0.39 is 17.7 Å². The molecule has 0 aliphatic carbocycles. The topological polar surface area (TPSA) is 87.4 Å². The summed E-state index contributed by atoms with van der Waals surface area (Å²) in [5, 5.41) is 11.6. The molecule has 5 rings (SSSR count). The fraction of sp³-hybridized carbons (Fsp3) is 0.346. The number of aliphatic hydroxyl groups is 1. The van der Waals surface area contributed by atoms with E-state index in [2.05, 4.69) is 25.8 Å². The smallest absolute Gasteiger partial charge is 0.295 e. The number of morpholine rings is 1. The first kappa shape index (κ1) is 23.7. The summed E-state index contributed by atoms with van der Waals surface area (Å²) in [6.45, 7) is 7.61. The molecule has 9 heteroatoms. The largest absolute Gasteiger partial charge is 0.505 e. The van der Waals surface area contributed by atoms with Gasteiger partial charge in [-0.25, -0.2) is 4.98 Å². The number of halogens is 1. The van der Waals surface area contributed by atoms with Crippen LogP contribution in [0.3, 0.4) is 0 Å². The van der Waals surface area contributed by atoms with Crippen LogP contribution in [0.4, 0.5) is 0 Å². The van der Waals surface area contributed by atoms with Crippen LogP contribution >= 0.6 is 15.9 Å². The monoisotopic (exact) mass is 538 g/mol. The minimum atomic E-state index is -0.695. The zero-order valence-electron chi connectivity index (χ0n) is 19.7. The molecule has 35 heavy (non-hydrogen) atoms. The van der Waals surface area contributed by atoms with Crippen molar-refractivity contribution in [2.24, 2.45) is 0 Å². The number of benzene rings is 1. The van der Waals surface area contributed by atoms with Crippen LogP contribution in [0.5, 0.6) is 0 Å². The number of hydrogen-bond donors (Lipinski definition) is 1. The summed E-state index contributed by atoms with van der Waals surface area (Å²) >= 11 is 3.46. The van der Waals surface area contributed by atoms with Crippen molar-refractivity contribution in [2.75, 3.05) is 39.4 Å². The third-order valence-electron chi connectivity index (χ3n) is 6.73. The van der Waals surface area contributed by atoms with Gasteiger partial charge in [-0.05, 0) is 43.2 Å². The number of hydrogen-bond acceptors (Lipinski definition) is 6. The van der Waals surface area contributed by atoms with Crippen LogP contribution in [0, 0.1) is 13.8 Å². The van der Waals surface area contributed by atoms with Gasteiger partial charge in [-0.3, -0.25) is 18.9 Å². The van der Waals surface area contributed by atoms with Crippen molar-refractivity contribution in [3.63, 3.8) is 0 Å². The fourth-order valence-corrected chi connectivity index (χ4v) is 5.17. The number of carbonyl (C=O) groups excluding carboxylic acids is 2. The Kier molecular flexibility index (Phi) is 6.48. The first-order valence-electron chi connectivity index (χ1n) is 11.7. The molecular weight excluding hydrogens is 512 g/mol. The van der Waals surface area contributed by atoms with Crippen LogP contribution in [0.1, 0.15) is 28.6 Å². The van der Waals surface area contributed by atoms with Crippen LogP contribution in [-0.2, 0) is 14.3 Å². The lowest BCUT2D eigenvalue weighted by Crippen LogP contribution is -2.42. The zero-order chi connectivity index (χ0) is 24.7. The molecule has 182 valence electrons. The van der Waals surface area contributed by atoms with Gasteiger partial charge in [0.15, 0.2) is 5.76 Å². The molecule has 0 spiro atoms. The Hall–Kier alpha value is -3.01. The molecule has 0 unspecified atom stereocenters. The van der Waals surface area contributed by atoms with Crippen molar-refractivity contribution < 1.29 is 19.4 Å². The van der Waals surface area contributed by atoms with Crippen LogP contribution in [-0.4, -0.2) is 75.4 Å². The maximum Gasteiger partial charge on any atom is 0.295 e. The van der Waals surface area contributed by atoms with Crippen molar-refractivity contribution in [3.8, 4) is 0 Å². The van der Waals surface area contributed by atoms with E-state index in [4.69, 9.17) is 4.74 Å². The molecule has 0 saturated carbocycles. The number of pyridine rings is 1. The molecule has 8 nitrogen and oxygen atoms in total. The molecular formula is C26H27BrN4O4. The molecule has 1 atom stereocenters. The van der Waals surface area contributed by atoms with Crippen LogP contribution < -0.4 is 0 Å². The number of aryl methyl sites for hydroxylation is 2. The highest BCUT2D eigenvalue weighted by molar-refractivity contribution is 9.10. The predicted octanol–water partition coefficient (Wildman–Crippen LogP) is 3.47. The molecule has 2 aliphatic heterocycles. The minimum Gasteiger partial charge on any atom is -0.505 e. The number of ketones is 1. The van der Waals surface area contributed by atoms with Crippen molar-refractivity contribution >= 4 is 39.0 Å². The summed E-state index contributed by atoms with van der Waals surface area (Å²) in [5.41, 5.74) is 3.52. The highest BCUT2D eigenvalue weighted by Crippen LogP contribution is 2.40. The Labute approximate surface area is 211 Å². The van der Waals surface area contributed by atoms with Gasteiger partial charge in [0.1, 0.15) is 11.3 Å². The fourth-order valence-electron chi connectivity index (χ4n) is 4.91. The van der Waals surface area contributed by atoms with Gasteiger partial charge >= 0.3 is 0 Å². The maximum absolute atomic E-state index is 13.4. The normalized spacial score (nSPS) is 20.8. The molecule has 2 aliphatic rings. The zero-order valence-corrected chi connectivity index (χ0v) is 21.3. The van der Waals surface area contributed by atoms with E-state index in [0.717, 1.165) is 28.7 Å². The predicted molar refractivity (Wildman–Crippen MR) is 135 cm³/mol. The van der Waals surface area contributed by atoms with Crippen molar-refractivity contribution in [3.05, 3.63) is 75.2 Å². The van der Waals surface area contributed by atoms with Gasteiger partial charge in [0.25, 0.3) is 11.7 Å². The van der Waals surface area contributed by atoms with E-state index in [1.165, 1.54) is 0 Å². The van der Waals surface area contributed by atoms with E-state index >= 15 is 0 Å². The number of nitrogens with zero attached hydrogens (tertiary/aromatic N) is 4. The maximum atomic E-state index is 13.4. The van der Waals surface area contributed by atoms with Gasteiger partial charge in [-0.15, -0.1) is 0 Å². The molecule has 4 heterocycles. The van der Waals surface area contributed by atoms with Gasteiger partial charge in [0, 0.05) is 36.8 Å². The third-order valence-corrected chi connectivity index (χ3v) is 7.26. The summed E-state index contributed by atoms with van der Waals surface area (Å²) in [7, 11) is 0. The van der Waals surface area contributed by atoms with E-state index in [0.29, 0.717) is 43.3 Å². The SMILES string of the molecule is Cc1nc2c(C)cccn2c1/C(O)=C1\C(=O)C(=O)N(CCN2CCOCC2)[C@@H]1c1ccc(Br)cc1. The summed E-state index contributed by atoms with van der Waals surface area (Å²) in [5.74, 6) is -1.49. The number of carbonyl (C=O) groups is 2. The number of aliphatic hydroxyl groups excluding tert-OH is 1. The van der Waals surface area contributed by atoms with Crippen molar-refractivity contribution in [1.29, 1.82) is 0 Å². The molecule has 2 aromatic heterocycles. The molecule has 0 bridgehead atoms. The standard InChI is InChI=1S/C26H27BrN4O4/c1-16-4-3-9-30-21(17(2)28-25(16)30)23(32)20-22(18-5-7-19(27)8-6-18)31(26(34)24(20)33)11-10-29-12-14-35-15-13-29/h3-9,22,32H,10-15H2,1-2H3/b23-20+/t22-/m1/s1. The number of Topliss-reactive ketones (excluding diaryl/α,β-unsaturated/α-hetero) is 1. The van der Waals surface area contributed by atoms with Gasteiger partial charge < -0.3 is 14.7 Å². The average molecular weight is 539 g/mol. The van der Waals surface area contributed by atoms with E-state index in [9.17, 15) is 14.7 Å². The highest BCUT2D eigenvalue weighted by Gasteiger charge is 2.46. The lowest BCUT2D eigenvalue weighted by atomic mass is 9.96. The van der Waals surface area contributed by atoms with Crippen LogP contribution in [0.25, 0.3) is 11.4 Å². The number of rotatable bonds is 5. The molecule has 1 aromatic carbocycles. The lowest BCUT2D eigenvalue weighted by molar-refractivity contribution is -0.140. The van der Waals surface area contributed by atoms with Gasteiger partial charge in [-0.1, -0.05) is 34.1 Å². The Morgan fingerprint density at radius 1 is 1.11 bits per heavy atom. The van der Waals surface area contributed by atoms with Crippen molar-refractivity contribution in [2.45, 2.75) is 19.9 Å². The Bertz CT molecular complexity index is 1330. The number of aromatic nitrogens is 2. The minimum absolute atomic E-state index is 0.0886. The van der Waals surface area contributed by atoms with Gasteiger partial charge in [0.05, 0.1) is 30.5 Å². The molecule has 0 radical (unpaired) electrons. The second kappa shape index (κ2) is 9.56. The first-order chi connectivity index (χ1) is 16.9. The number of amides is 1. The number of likely N-dealkylation sites (tertiary alicyclic amines) is 1. The van der Waals surface area contributed by atoms with E-state index in [1.54, 1.807) is 22.4 Å². The van der Waals surface area contributed by atoms with Gasteiger partial charge in [-0.2, -0.15) is 0 Å². The number of fused-ring (bicyclic) bond motifs is 1.